The Morgan fingerprint density at radius 2 is 2.00 bits per heavy atom. The highest BCUT2D eigenvalue weighted by Gasteiger charge is 2.24. The molecular weight excluding hydrogens is 242 g/mol. The van der Waals surface area contributed by atoms with Gasteiger partial charge in [0.25, 0.3) is 0 Å². The Balaban J connectivity index is 4.39. The molecule has 1 unspecified atom stereocenters. The van der Waals surface area contributed by atoms with E-state index in [4.69, 9.17) is 22.0 Å². The molecule has 0 saturated heterocycles. The fourth-order valence-electron chi connectivity index (χ4n) is 1.27. The summed E-state index contributed by atoms with van der Waals surface area (Å²) in [5.41, 5.74) is 10.1. The molecule has 1 amide bonds. The standard InChI is InChI=1S/C9H18N5O4/c10-2-7(16)14-6(8(17)18)1-5(4-15)3-13-9(11)12/h5-6H,1-4,10H2,(H,14,16)(H,17,18)(H4,11,12,13)/t5?,6-/m0/s1. The first-order valence-corrected chi connectivity index (χ1v) is 5.28. The number of carbonyl (C=O) groups excluding carboxylic acids is 1. The first-order chi connectivity index (χ1) is 8.40. The highest BCUT2D eigenvalue weighted by Crippen LogP contribution is 2.06. The van der Waals surface area contributed by atoms with E-state index in [1.807, 2.05) is 0 Å². The number of carboxylic acids is 1. The zero-order valence-electron chi connectivity index (χ0n) is 9.81. The van der Waals surface area contributed by atoms with Crippen molar-refractivity contribution in [2.45, 2.75) is 12.5 Å². The van der Waals surface area contributed by atoms with Crippen molar-refractivity contribution in [1.29, 1.82) is 5.41 Å². The van der Waals surface area contributed by atoms with Crippen molar-refractivity contribution in [3.8, 4) is 0 Å². The van der Waals surface area contributed by atoms with E-state index in [-0.39, 0.29) is 25.5 Å². The molecule has 0 spiro atoms. The van der Waals surface area contributed by atoms with E-state index in [0.717, 1.165) is 0 Å². The Hall–Kier alpha value is -1.87. The molecule has 1 radical (unpaired) electrons. The van der Waals surface area contributed by atoms with Crippen molar-refractivity contribution in [2.75, 3.05) is 19.7 Å². The molecule has 0 rings (SSSR count). The van der Waals surface area contributed by atoms with E-state index in [1.54, 1.807) is 0 Å². The molecule has 0 heterocycles. The van der Waals surface area contributed by atoms with Crippen molar-refractivity contribution in [1.82, 2.24) is 10.6 Å². The van der Waals surface area contributed by atoms with Crippen molar-refractivity contribution in [3.63, 3.8) is 0 Å². The van der Waals surface area contributed by atoms with Crippen LogP contribution in [0.25, 0.3) is 0 Å². The first-order valence-electron chi connectivity index (χ1n) is 5.28. The van der Waals surface area contributed by atoms with E-state index >= 15 is 0 Å². The highest BCUT2D eigenvalue weighted by atomic mass is 16.4. The third kappa shape index (κ3) is 6.66. The third-order valence-electron chi connectivity index (χ3n) is 2.20. The number of amides is 1. The Kier molecular flexibility index (Phi) is 7.40. The number of hydrogen-bond acceptors (Lipinski definition) is 4. The summed E-state index contributed by atoms with van der Waals surface area (Å²) in [5.74, 6) is -2.70. The van der Waals surface area contributed by atoms with Gasteiger partial charge >= 0.3 is 5.97 Å². The van der Waals surface area contributed by atoms with Gasteiger partial charge in [0.05, 0.1) is 13.2 Å². The maximum Gasteiger partial charge on any atom is 0.326 e. The first kappa shape index (κ1) is 16.1. The largest absolute Gasteiger partial charge is 0.480 e. The lowest BCUT2D eigenvalue weighted by molar-refractivity contribution is -0.142. The van der Waals surface area contributed by atoms with E-state index < -0.39 is 30.4 Å². The molecule has 0 aliphatic rings. The lowest BCUT2D eigenvalue weighted by Gasteiger charge is -2.20. The van der Waals surface area contributed by atoms with E-state index in [9.17, 15) is 14.7 Å². The van der Waals surface area contributed by atoms with Gasteiger partial charge in [-0.05, 0) is 6.42 Å². The summed E-state index contributed by atoms with van der Waals surface area (Å²) in [6.45, 7) is -0.777. The zero-order chi connectivity index (χ0) is 14.1. The maximum atomic E-state index is 11.0. The van der Waals surface area contributed by atoms with E-state index in [1.165, 1.54) is 0 Å². The minimum absolute atomic E-state index is 0.0507. The lowest BCUT2D eigenvalue weighted by Crippen LogP contribution is -2.46. The molecule has 18 heavy (non-hydrogen) atoms. The molecule has 9 nitrogen and oxygen atoms in total. The van der Waals surface area contributed by atoms with Crippen molar-refractivity contribution in [3.05, 3.63) is 0 Å². The Bertz CT molecular complexity index is 309. The van der Waals surface area contributed by atoms with Crippen molar-refractivity contribution in [2.24, 2.45) is 17.4 Å². The van der Waals surface area contributed by atoms with Gasteiger partial charge in [0.1, 0.15) is 6.04 Å². The number of carbonyl (C=O) groups is 2. The van der Waals surface area contributed by atoms with Crippen molar-refractivity contribution < 1.29 is 19.8 Å². The predicted molar refractivity (Wildman–Crippen MR) is 62.2 cm³/mol. The third-order valence-corrected chi connectivity index (χ3v) is 2.20. The van der Waals surface area contributed by atoms with Gasteiger partial charge in [0.15, 0.2) is 5.96 Å². The van der Waals surface area contributed by atoms with E-state index in [0.29, 0.717) is 0 Å². The molecule has 0 aromatic heterocycles. The Labute approximate surface area is 104 Å². The van der Waals surface area contributed by atoms with Gasteiger partial charge in [-0.1, -0.05) is 0 Å². The van der Waals surface area contributed by atoms with Crippen LogP contribution < -0.4 is 22.1 Å². The topological polar surface area (TPSA) is 174 Å². The van der Waals surface area contributed by atoms with Crippen molar-refractivity contribution >= 4 is 17.8 Å². The molecule has 0 saturated carbocycles. The second-order valence-electron chi connectivity index (χ2n) is 3.73. The van der Waals surface area contributed by atoms with Gasteiger partial charge in [-0.15, -0.1) is 0 Å². The van der Waals surface area contributed by atoms with Gasteiger partial charge < -0.3 is 27.2 Å². The maximum absolute atomic E-state index is 11.0. The number of nitrogens with two attached hydrogens (primary N) is 2. The average Bonchev–Trinajstić information content (AvgIpc) is 2.31. The van der Waals surface area contributed by atoms with Gasteiger partial charge in [-0.25, -0.2) is 9.90 Å². The van der Waals surface area contributed by atoms with E-state index in [2.05, 4.69) is 10.6 Å². The molecule has 0 aliphatic heterocycles. The van der Waals surface area contributed by atoms with Gasteiger partial charge in [0.2, 0.25) is 5.91 Å². The zero-order valence-corrected chi connectivity index (χ0v) is 9.81. The summed E-state index contributed by atoms with van der Waals surface area (Å²) in [5, 5.41) is 31.3. The normalized spacial score (nSPS) is 13.4. The number of carboxylic acid groups (broad SMARTS) is 1. The number of nitrogens with one attached hydrogen (secondary N) is 3. The molecule has 0 aromatic rings. The van der Waals surface area contributed by atoms with Crippen LogP contribution in [0.2, 0.25) is 0 Å². The molecule has 8 N–H and O–H groups in total. The SMILES string of the molecule is N=C(N)NCC(C[O])C[C@H](NC(=O)CN)C(=O)O. The van der Waals surface area contributed by atoms with Crippen LogP contribution in [0.4, 0.5) is 0 Å². The summed E-state index contributed by atoms with van der Waals surface area (Å²) in [4.78, 5) is 21.9. The molecule has 0 bridgehead atoms. The van der Waals surface area contributed by atoms with Crippen LogP contribution >= 0.6 is 0 Å². The molecular formula is C9H18N5O4. The van der Waals surface area contributed by atoms with Crippen LogP contribution in [0.1, 0.15) is 6.42 Å². The molecule has 9 heteroatoms. The Morgan fingerprint density at radius 1 is 1.39 bits per heavy atom. The number of hydrogen-bond donors (Lipinski definition) is 6. The summed E-state index contributed by atoms with van der Waals surface area (Å²) in [6, 6.07) is -1.17. The van der Waals surface area contributed by atoms with Gasteiger partial charge in [0, 0.05) is 12.5 Å². The van der Waals surface area contributed by atoms with Gasteiger partial charge in [-0.2, -0.15) is 0 Å². The number of rotatable bonds is 8. The second-order valence-corrected chi connectivity index (χ2v) is 3.73. The van der Waals surface area contributed by atoms with Crippen LogP contribution in [0.5, 0.6) is 0 Å². The number of aliphatic carboxylic acids is 1. The molecule has 0 fully saturated rings. The van der Waals surface area contributed by atoms with Crippen LogP contribution in [0.3, 0.4) is 0 Å². The monoisotopic (exact) mass is 260 g/mol. The van der Waals surface area contributed by atoms with Crippen LogP contribution in [0, 0.1) is 11.3 Å². The quantitative estimate of drug-likeness (QED) is 0.206. The molecule has 2 atom stereocenters. The minimum atomic E-state index is -1.24. The number of guanidine groups is 1. The molecule has 0 aliphatic carbocycles. The second kappa shape index (κ2) is 8.25. The molecule has 0 aromatic carbocycles. The van der Waals surface area contributed by atoms with Gasteiger partial charge in [-0.3, -0.25) is 10.2 Å². The smallest absolute Gasteiger partial charge is 0.326 e. The summed E-state index contributed by atoms with van der Waals surface area (Å²) >= 11 is 0. The van der Waals surface area contributed by atoms with Crippen LogP contribution in [0.15, 0.2) is 0 Å². The fraction of sp³-hybridized carbons (Fsp3) is 0.667. The lowest BCUT2D eigenvalue weighted by atomic mass is 10.0. The Morgan fingerprint density at radius 3 is 2.39 bits per heavy atom. The molecule has 103 valence electrons. The average molecular weight is 260 g/mol. The van der Waals surface area contributed by atoms with Crippen LogP contribution in [-0.4, -0.2) is 48.7 Å². The highest BCUT2D eigenvalue weighted by molar-refractivity contribution is 5.84. The van der Waals surface area contributed by atoms with Crippen LogP contribution in [-0.2, 0) is 14.7 Å². The predicted octanol–water partition coefficient (Wildman–Crippen LogP) is -2.57. The minimum Gasteiger partial charge on any atom is -0.480 e. The summed E-state index contributed by atoms with van der Waals surface area (Å²) in [6.07, 6.45) is -0.0507. The fourth-order valence-corrected chi connectivity index (χ4v) is 1.27. The summed E-state index contributed by atoms with van der Waals surface area (Å²) < 4.78 is 0. The summed E-state index contributed by atoms with van der Waals surface area (Å²) in [7, 11) is 0.